The van der Waals surface area contributed by atoms with Crippen LogP contribution >= 0.6 is 24.0 Å². The highest BCUT2D eigenvalue weighted by Gasteiger charge is 2.24. The number of nitrogens with zero attached hydrogens (tertiary/aromatic N) is 2. The first-order valence-electron chi connectivity index (χ1n) is 11.4. The van der Waals surface area contributed by atoms with Gasteiger partial charge in [0.15, 0.2) is 5.96 Å². The number of furan rings is 1. The molecule has 4 N–H and O–H groups in total. The summed E-state index contributed by atoms with van der Waals surface area (Å²) in [4.78, 5) is 18.7. The van der Waals surface area contributed by atoms with Crippen molar-refractivity contribution in [2.75, 3.05) is 32.0 Å². The second kappa shape index (κ2) is 14.1. The van der Waals surface area contributed by atoms with Crippen LogP contribution in [0.1, 0.15) is 50.5 Å². The van der Waals surface area contributed by atoms with Crippen molar-refractivity contribution in [2.24, 2.45) is 4.99 Å². The first kappa shape index (κ1) is 27.0. The topological polar surface area (TPSA) is 93.9 Å². The monoisotopic (exact) mass is 568 g/mol. The predicted molar refractivity (Wildman–Crippen MR) is 144 cm³/mol. The standard InChI is InChI=1S/C24H36N6O2.HI/c1-18(2)28-24(31)29-20-11-9-19(10-12-20)16-26-23(25-3)27-17-21(22-8-7-15-32-22)30-13-5-4-6-14-30;/h7-12,15,18,21H,4-6,13-14,16-17H2,1-3H3,(H2,25,26,27)(H2,28,29,31);1H. The molecule has 1 unspecified atom stereocenters. The highest BCUT2D eigenvalue weighted by Crippen LogP contribution is 2.24. The molecule has 0 saturated carbocycles. The van der Waals surface area contributed by atoms with Crippen LogP contribution < -0.4 is 21.3 Å². The molecule has 8 nitrogen and oxygen atoms in total. The van der Waals surface area contributed by atoms with Gasteiger partial charge in [-0.3, -0.25) is 9.89 Å². The Balaban J connectivity index is 0.00000385. The number of benzene rings is 1. The molecule has 1 atom stereocenters. The third kappa shape index (κ3) is 8.88. The number of guanidine groups is 1. The van der Waals surface area contributed by atoms with Crippen molar-refractivity contribution >= 4 is 41.7 Å². The summed E-state index contributed by atoms with van der Waals surface area (Å²) in [7, 11) is 1.78. The molecule has 2 amide bonds. The lowest BCUT2D eigenvalue weighted by atomic mass is 10.1. The number of likely N-dealkylation sites (tertiary alicyclic amines) is 1. The van der Waals surface area contributed by atoms with Gasteiger partial charge in [-0.15, -0.1) is 24.0 Å². The van der Waals surface area contributed by atoms with Gasteiger partial charge in [0.2, 0.25) is 0 Å². The minimum Gasteiger partial charge on any atom is -0.468 e. The van der Waals surface area contributed by atoms with Gasteiger partial charge in [0.25, 0.3) is 0 Å². The van der Waals surface area contributed by atoms with E-state index in [1.54, 1.807) is 13.3 Å². The lowest BCUT2D eigenvalue weighted by molar-refractivity contribution is 0.146. The molecule has 0 bridgehead atoms. The van der Waals surface area contributed by atoms with Gasteiger partial charge in [0.05, 0.1) is 12.3 Å². The minimum atomic E-state index is -0.199. The predicted octanol–water partition coefficient (Wildman–Crippen LogP) is 4.32. The van der Waals surface area contributed by atoms with Gasteiger partial charge in [0, 0.05) is 31.9 Å². The summed E-state index contributed by atoms with van der Waals surface area (Å²) in [6.07, 6.45) is 5.50. The first-order chi connectivity index (χ1) is 15.5. The molecule has 0 spiro atoms. The second-order valence-corrected chi connectivity index (χ2v) is 8.38. The smallest absolute Gasteiger partial charge is 0.319 e. The number of piperidine rings is 1. The zero-order chi connectivity index (χ0) is 22.8. The Morgan fingerprint density at radius 2 is 1.82 bits per heavy atom. The van der Waals surface area contributed by atoms with Crippen molar-refractivity contribution < 1.29 is 9.21 Å². The lowest BCUT2D eigenvalue weighted by Gasteiger charge is -2.33. The second-order valence-electron chi connectivity index (χ2n) is 8.38. The average molecular weight is 569 g/mol. The van der Waals surface area contributed by atoms with Crippen LogP contribution in [0.3, 0.4) is 0 Å². The fourth-order valence-electron chi connectivity index (χ4n) is 3.86. The Labute approximate surface area is 214 Å². The summed E-state index contributed by atoms with van der Waals surface area (Å²) in [5.74, 6) is 1.73. The summed E-state index contributed by atoms with van der Waals surface area (Å²) in [6.45, 7) is 7.40. The van der Waals surface area contributed by atoms with Crippen LogP contribution in [0.25, 0.3) is 0 Å². The quantitative estimate of drug-likeness (QED) is 0.216. The summed E-state index contributed by atoms with van der Waals surface area (Å²) in [5, 5.41) is 12.5. The molecular weight excluding hydrogens is 531 g/mol. The van der Waals surface area contributed by atoms with Crippen molar-refractivity contribution in [1.29, 1.82) is 0 Å². The van der Waals surface area contributed by atoms with Gasteiger partial charge in [-0.25, -0.2) is 4.79 Å². The molecule has 33 heavy (non-hydrogen) atoms. The molecule has 0 radical (unpaired) electrons. The maximum Gasteiger partial charge on any atom is 0.319 e. The van der Waals surface area contributed by atoms with E-state index < -0.39 is 0 Å². The van der Waals surface area contributed by atoms with Crippen LogP contribution in [-0.4, -0.2) is 49.6 Å². The average Bonchev–Trinajstić information content (AvgIpc) is 3.32. The Morgan fingerprint density at radius 1 is 1.09 bits per heavy atom. The van der Waals surface area contributed by atoms with E-state index in [0.717, 1.165) is 42.6 Å². The van der Waals surface area contributed by atoms with Gasteiger partial charge in [0.1, 0.15) is 5.76 Å². The molecule has 0 aliphatic carbocycles. The Kier molecular flexibility index (Phi) is 11.5. The van der Waals surface area contributed by atoms with Gasteiger partial charge >= 0.3 is 6.03 Å². The number of hydrogen-bond acceptors (Lipinski definition) is 4. The number of halogens is 1. The number of carbonyl (C=O) groups is 1. The summed E-state index contributed by atoms with van der Waals surface area (Å²) >= 11 is 0. The van der Waals surface area contributed by atoms with Crippen molar-refractivity contribution in [3.8, 4) is 0 Å². The summed E-state index contributed by atoms with van der Waals surface area (Å²) in [6, 6.07) is 11.9. The SMILES string of the molecule is CN=C(NCc1ccc(NC(=O)NC(C)C)cc1)NCC(c1ccco1)N1CCCCC1.I. The molecule has 3 rings (SSSR count). The maximum absolute atomic E-state index is 11.8. The van der Waals surface area contributed by atoms with E-state index in [-0.39, 0.29) is 42.1 Å². The third-order valence-electron chi connectivity index (χ3n) is 5.48. The van der Waals surface area contributed by atoms with Crippen molar-refractivity contribution in [3.63, 3.8) is 0 Å². The van der Waals surface area contributed by atoms with Crippen LogP contribution in [0.2, 0.25) is 0 Å². The van der Waals surface area contributed by atoms with Crippen LogP contribution in [0.4, 0.5) is 10.5 Å². The van der Waals surface area contributed by atoms with Crippen LogP contribution in [-0.2, 0) is 6.54 Å². The van der Waals surface area contributed by atoms with Gasteiger partial charge in [-0.05, 0) is 69.6 Å². The number of hydrogen-bond donors (Lipinski definition) is 4. The zero-order valence-electron chi connectivity index (χ0n) is 19.8. The van der Waals surface area contributed by atoms with Crippen molar-refractivity contribution in [2.45, 2.75) is 51.7 Å². The normalized spacial score (nSPS) is 15.5. The number of nitrogens with one attached hydrogen (secondary N) is 4. The van der Waals surface area contributed by atoms with Crippen LogP contribution in [0, 0.1) is 0 Å². The molecule has 1 fully saturated rings. The molecule has 1 aromatic heterocycles. The Bertz CT molecular complexity index is 848. The number of carbonyl (C=O) groups excluding carboxylic acids is 1. The van der Waals surface area contributed by atoms with E-state index >= 15 is 0 Å². The highest BCUT2D eigenvalue weighted by atomic mass is 127. The van der Waals surface area contributed by atoms with E-state index in [4.69, 9.17) is 4.42 Å². The van der Waals surface area contributed by atoms with Crippen LogP contribution in [0.15, 0.2) is 52.1 Å². The number of amides is 2. The molecule has 182 valence electrons. The lowest BCUT2D eigenvalue weighted by Crippen LogP contribution is -2.44. The molecule has 2 heterocycles. The summed E-state index contributed by atoms with van der Waals surface area (Å²) in [5.41, 5.74) is 1.86. The zero-order valence-corrected chi connectivity index (χ0v) is 22.1. The van der Waals surface area contributed by atoms with Gasteiger partial charge < -0.3 is 25.7 Å². The third-order valence-corrected chi connectivity index (χ3v) is 5.48. The summed E-state index contributed by atoms with van der Waals surface area (Å²) < 4.78 is 5.73. The molecular formula is C24H37IN6O2. The molecule has 1 aliphatic rings. The van der Waals surface area contributed by atoms with E-state index in [2.05, 4.69) is 31.2 Å². The van der Waals surface area contributed by atoms with E-state index in [9.17, 15) is 4.79 Å². The maximum atomic E-state index is 11.8. The number of anilines is 1. The molecule has 1 aliphatic heterocycles. The molecule has 2 aromatic rings. The molecule has 9 heteroatoms. The van der Waals surface area contributed by atoms with E-state index in [1.165, 1.54) is 19.3 Å². The number of rotatable bonds is 8. The minimum absolute atomic E-state index is 0. The Hall–Kier alpha value is -2.27. The fraction of sp³-hybridized carbons (Fsp3) is 0.500. The number of aliphatic imine (C=N–C) groups is 1. The number of urea groups is 1. The largest absolute Gasteiger partial charge is 0.468 e. The van der Waals surface area contributed by atoms with Crippen LogP contribution in [0.5, 0.6) is 0 Å². The van der Waals surface area contributed by atoms with Crippen molar-refractivity contribution in [1.82, 2.24) is 20.9 Å². The highest BCUT2D eigenvalue weighted by molar-refractivity contribution is 14.0. The van der Waals surface area contributed by atoms with E-state index in [0.29, 0.717) is 6.54 Å². The van der Waals surface area contributed by atoms with Gasteiger partial charge in [-0.2, -0.15) is 0 Å². The fourth-order valence-corrected chi connectivity index (χ4v) is 3.86. The Morgan fingerprint density at radius 3 is 2.42 bits per heavy atom. The van der Waals surface area contributed by atoms with Gasteiger partial charge in [-0.1, -0.05) is 18.6 Å². The first-order valence-corrected chi connectivity index (χ1v) is 11.4. The van der Waals surface area contributed by atoms with Crippen molar-refractivity contribution in [3.05, 3.63) is 54.0 Å². The molecule has 1 aromatic carbocycles. The van der Waals surface area contributed by atoms with E-state index in [1.807, 2.05) is 50.2 Å². The molecule has 1 saturated heterocycles.